The number of anilines is 2. The Morgan fingerprint density at radius 1 is 0.933 bits per heavy atom. The van der Waals surface area contributed by atoms with Crippen LogP contribution in [0.15, 0.2) is 77.7 Å². The number of nitrogens with zero attached hydrogens (tertiary/aromatic N) is 1. The van der Waals surface area contributed by atoms with E-state index in [9.17, 15) is 13.2 Å². The van der Waals surface area contributed by atoms with E-state index in [2.05, 4.69) is 5.32 Å². The lowest BCUT2D eigenvalue weighted by molar-refractivity contribution is -0.114. The molecular weight excluding hydrogens is 400 g/mol. The molecule has 0 unspecified atom stereocenters. The molecule has 3 aromatic carbocycles. The third-order valence-electron chi connectivity index (χ3n) is 4.68. The van der Waals surface area contributed by atoms with E-state index in [-0.39, 0.29) is 11.4 Å². The molecule has 0 aliphatic rings. The summed E-state index contributed by atoms with van der Waals surface area (Å²) in [5, 5.41) is 2.80. The number of nitrogens with one attached hydrogen (secondary N) is 1. The molecule has 156 valence electrons. The molecule has 7 heteroatoms. The molecule has 0 saturated carbocycles. The molecular formula is C23H24N2O4S. The second-order valence-electron chi connectivity index (χ2n) is 6.89. The highest BCUT2D eigenvalue weighted by Crippen LogP contribution is 2.26. The Morgan fingerprint density at radius 2 is 1.57 bits per heavy atom. The highest BCUT2D eigenvalue weighted by molar-refractivity contribution is 7.92. The maximum atomic E-state index is 13.4. The molecule has 6 nitrogen and oxygen atoms in total. The molecule has 1 amide bonds. The Morgan fingerprint density at radius 3 is 2.17 bits per heavy atom. The molecule has 1 N–H and O–H groups in total. The second kappa shape index (κ2) is 9.00. The van der Waals surface area contributed by atoms with Gasteiger partial charge in [0.05, 0.1) is 17.7 Å². The van der Waals surface area contributed by atoms with Crippen molar-refractivity contribution in [3.05, 3.63) is 83.9 Å². The molecule has 0 bridgehead atoms. The monoisotopic (exact) mass is 424 g/mol. The lowest BCUT2D eigenvalue weighted by Gasteiger charge is -2.24. The van der Waals surface area contributed by atoms with Gasteiger partial charge in [-0.2, -0.15) is 0 Å². The lowest BCUT2D eigenvalue weighted by Crippen LogP contribution is -2.38. The first-order valence-corrected chi connectivity index (χ1v) is 10.8. The van der Waals surface area contributed by atoms with Crippen molar-refractivity contribution in [3.63, 3.8) is 0 Å². The zero-order valence-corrected chi connectivity index (χ0v) is 17.9. The zero-order chi connectivity index (χ0) is 21.7. The van der Waals surface area contributed by atoms with Crippen LogP contribution in [0.4, 0.5) is 11.4 Å². The summed E-state index contributed by atoms with van der Waals surface area (Å²) in [6.45, 7) is 3.39. The smallest absolute Gasteiger partial charge is 0.264 e. The van der Waals surface area contributed by atoms with Crippen LogP contribution >= 0.6 is 0 Å². The predicted molar refractivity (Wildman–Crippen MR) is 119 cm³/mol. The van der Waals surface area contributed by atoms with E-state index < -0.39 is 15.9 Å². The first-order valence-electron chi connectivity index (χ1n) is 9.40. The summed E-state index contributed by atoms with van der Waals surface area (Å²) in [5.41, 5.74) is 2.85. The number of carbonyl (C=O) groups is 1. The minimum absolute atomic E-state index is 0.118. The summed E-state index contributed by atoms with van der Waals surface area (Å²) in [6.07, 6.45) is 0. The topological polar surface area (TPSA) is 75.7 Å². The largest absolute Gasteiger partial charge is 0.497 e. The predicted octanol–water partition coefficient (Wildman–Crippen LogP) is 4.15. The molecule has 0 atom stereocenters. The van der Waals surface area contributed by atoms with E-state index in [1.54, 1.807) is 54.6 Å². The first-order chi connectivity index (χ1) is 14.3. The van der Waals surface area contributed by atoms with Gasteiger partial charge in [0.2, 0.25) is 5.91 Å². The summed E-state index contributed by atoms with van der Waals surface area (Å²) in [5.74, 6) is 0.159. The average molecular weight is 425 g/mol. The lowest BCUT2D eigenvalue weighted by atomic mass is 10.2. The number of amides is 1. The van der Waals surface area contributed by atoms with Gasteiger partial charge in [-0.1, -0.05) is 35.9 Å². The third-order valence-corrected chi connectivity index (χ3v) is 6.46. The molecule has 3 aromatic rings. The van der Waals surface area contributed by atoms with Crippen LogP contribution in [0.25, 0.3) is 0 Å². The quantitative estimate of drug-likeness (QED) is 0.618. The number of sulfonamides is 1. The maximum Gasteiger partial charge on any atom is 0.264 e. The van der Waals surface area contributed by atoms with Gasteiger partial charge in [-0.25, -0.2) is 8.42 Å². The number of rotatable bonds is 7. The molecule has 0 aliphatic heterocycles. The van der Waals surface area contributed by atoms with Gasteiger partial charge in [-0.15, -0.1) is 0 Å². The van der Waals surface area contributed by atoms with E-state index in [0.717, 1.165) is 15.4 Å². The highest BCUT2D eigenvalue weighted by atomic mass is 32.2. The van der Waals surface area contributed by atoms with Crippen LogP contribution in [-0.4, -0.2) is 28.0 Å². The van der Waals surface area contributed by atoms with Crippen molar-refractivity contribution < 1.29 is 17.9 Å². The minimum Gasteiger partial charge on any atom is -0.497 e. The Bertz CT molecular complexity index is 1120. The van der Waals surface area contributed by atoms with E-state index in [0.29, 0.717) is 17.1 Å². The minimum atomic E-state index is -3.96. The van der Waals surface area contributed by atoms with Crippen LogP contribution in [0, 0.1) is 13.8 Å². The molecule has 30 heavy (non-hydrogen) atoms. The number of benzene rings is 3. The molecule has 0 fully saturated rings. The summed E-state index contributed by atoms with van der Waals surface area (Å²) < 4.78 is 33.0. The van der Waals surface area contributed by atoms with Crippen LogP contribution in [0.2, 0.25) is 0 Å². The Balaban J connectivity index is 1.95. The van der Waals surface area contributed by atoms with Crippen molar-refractivity contribution >= 4 is 27.3 Å². The van der Waals surface area contributed by atoms with Crippen molar-refractivity contribution in [3.8, 4) is 5.75 Å². The van der Waals surface area contributed by atoms with Gasteiger partial charge >= 0.3 is 0 Å². The van der Waals surface area contributed by atoms with Gasteiger partial charge in [0.15, 0.2) is 0 Å². The summed E-state index contributed by atoms with van der Waals surface area (Å²) in [4.78, 5) is 12.9. The molecule has 0 spiro atoms. The maximum absolute atomic E-state index is 13.4. The number of hydrogen-bond acceptors (Lipinski definition) is 4. The molecule has 0 saturated heterocycles. The molecule has 0 aromatic heterocycles. The van der Waals surface area contributed by atoms with Crippen molar-refractivity contribution in [1.82, 2.24) is 0 Å². The number of ether oxygens (including phenoxy) is 1. The van der Waals surface area contributed by atoms with Crippen molar-refractivity contribution in [1.29, 1.82) is 0 Å². The van der Waals surface area contributed by atoms with Crippen molar-refractivity contribution in [2.75, 3.05) is 23.3 Å². The van der Waals surface area contributed by atoms with Crippen LogP contribution in [0.3, 0.4) is 0 Å². The highest BCUT2D eigenvalue weighted by Gasteiger charge is 2.27. The molecule has 0 radical (unpaired) electrons. The number of aryl methyl sites for hydroxylation is 2. The van der Waals surface area contributed by atoms with E-state index in [1.165, 1.54) is 7.11 Å². The summed E-state index contributed by atoms with van der Waals surface area (Å²) >= 11 is 0. The third kappa shape index (κ3) is 4.80. The van der Waals surface area contributed by atoms with Crippen LogP contribution in [0.1, 0.15) is 11.1 Å². The molecule has 0 heterocycles. The van der Waals surface area contributed by atoms with Gasteiger partial charge in [0, 0.05) is 5.69 Å². The average Bonchev–Trinajstić information content (AvgIpc) is 2.74. The number of para-hydroxylation sites is 1. The standard InChI is InChI=1S/C23H24N2O4S/c1-17-8-14-21(15-9-17)30(27,28)25(19-10-12-20(29-3)13-11-19)16-23(26)24-22-7-5-4-6-18(22)2/h4-15H,16H2,1-3H3,(H,24,26). The van der Waals surface area contributed by atoms with Crippen LogP contribution in [-0.2, 0) is 14.8 Å². The van der Waals surface area contributed by atoms with Gasteiger partial charge in [0.25, 0.3) is 10.0 Å². The van der Waals surface area contributed by atoms with Crippen LogP contribution in [0.5, 0.6) is 5.75 Å². The van der Waals surface area contributed by atoms with E-state index in [4.69, 9.17) is 4.74 Å². The Kier molecular flexibility index (Phi) is 6.42. The number of carbonyl (C=O) groups excluding carboxylic acids is 1. The van der Waals surface area contributed by atoms with Crippen molar-refractivity contribution in [2.45, 2.75) is 18.7 Å². The van der Waals surface area contributed by atoms with Crippen LogP contribution < -0.4 is 14.4 Å². The van der Waals surface area contributed by atoms with Gasteiger partial charge in [0.1, 0.15) is 12.3 Å². The van der Waals surface area contributed by atoms with Gasteiger partial charge in [-0.3, -0.25) is 9.10 Å². The van der Waals surface area contributed by atoms with Gasteiger partial charge in [-0.05, 0) is 61.9 Å². The zero-order valence-electron chi connectivity index (χ0n) is 17.1. The SMILES string of the molecule is COc1ccc(N(CC(=O)Nc2ccccc2C)S(=O)(=O)c2ccc(C)cc2)cc1. The summed E-state index contributed by atoms with van der Waals surface area (Å²) in [7, 11) is -2.42. The normalized spacial score (nSPS) is 11.0. The fourth-order valence-corrected chi connectivity index (χ4v) is 4.36. The molecule has 3 rings (SSSR count). The second-order valence-corrected chi connectivity index (χ2v) is 8.75. The number of hydrogen-bond donors (Lipinski definition) is 1. The fraction of sp³-hybridized carbons (Fsp3) is 0.174. The Hall–Kier alpha value is -3.32. The summed E-state index contributed by atoms with van der Waals surface area (Å²) in [6, 6.07) is 20.4. The fourth-order valence-electron chi connectivity index (χ4n) is 2.93. The van der Waals surface area contributed by atoms with Crippen molar-refractivity contribution in [2.24, 2.45) is 0 Å². The number of methoxy groups -OCH3 is 1. The Labute approximate surface area is 177 Å². The van der Waals surface area contributed by atoms with E-state index >= 15 is 0 Å². The molecule has 0 aliphatic carbocycles. The van der Waals surface area contributed by atoms with E-state index in [1.807, 2.05) is 32.0 Å². The first kappa shape index (κ1) is 21.4. The van der Waals surface area contributed by atoms with Gasteiger partial charge < -0.3 is 10.1 Å².